The molecule has 3 heterocycles. The molecule has 186 valence electrons. The molecule has 0 bridgehead atoms. The van der Waals surface area contributed by atoms with Gasteiger partial charge in [-0.1, -0.05) is 45.0 Å². The molecular weight excluding hydrogens is 467 g/mol. The number of rotatable bonds is 8. The van der Waals surface area contributed by atoms with Crippen molar-refractivity contribution in [3.8, 4) is 17.0 Å². The number of aromatic nitrogens is 3. The quantitative estimate of drug-likeness (QED) is 0.294. The molecule has 0 saturated carbocycles. The van der Waals surface area contributed by atoms with Gasteiger partial charge in [-0.2, -0.15) is 9.61 Å². The van der Waals surface area contributed by atoms with Crippen molar-refractivity contribution in [1.82, 2.24) is 19.5 Å². The molecule has 4 aromatic rings. The topological polar surface area (TPSA) is 77.7 Å². The van der Waals surface area contributed by atoms with Gasteiger partial charge >= 0.3 is 0 Å². The van der Waals surface area contributed by atoms with E-state index in [9.17, 15) is 5.11 Å². The van der Waals surface area contributed by atoms with Crippen LogP contribution < -0.4 is 15.9 Å². The van der Waals surface area contributed by atoms with Crippen molar-refractivity contribution >= 4 is 31.0 Å². The van der Waals surface area contributed by atoms with Gasteiger partial charge in [-0.15, -0.1) is 0 Å². The van der Waals surface area contributed by atoms with Gasteiger partial charge in [0.25, 0.3) is 0 Å². The number of benzene rings is 2. The number of anilines is 2. The Morgan fingerprint density at radius 2 is 2.00 bits per heavy atom. The lowest BCUT2D eigenvalue weighted by molar-refractivity contribution is 0.227. The Labute approximate surface area is 214 Å². The van der Waals surface area contributed by atoms with Gasteiger partial charge in [0, 0.05) is 42.3 Å². The highest BCUT2D eigenvalue weighted by atomic mass is 31.1. The third-order valence-electron chi connectivity index (χ3n) is 6.73. The Morgan fingerprint density at radius 1 is 1.19 bits per heavy atom. The monoisotopic (exact) mass is 500 g/mol. The Bertz CT molecular complexity index is 1370. The summed E-state index contributed by atoms with van der Waals surface area (Å²) in [5.41, 5.74) is 4.60. The average Bonchev–Trinajstić information content (AvgIpc) is 3.32. The molecule has 0 aliphatic carbocycles. The van der Waals surface area contributed by atoms with Crippen LogP contribution in [-0.2, 0) is 0 Å². The first-order valence-electron chi connectivity index (χ1n) is 12.4. The van der Waals surface area contributed by atoms with Crippen LogP contribution in [0.3, 0.4) is 0 Å². The van der Waals surface area contributed by atoms with Crippen LogP contribution in [0.1, 0.15) is 18.4 Å². The highest BCUT2D eigenvalue weighted by Gasteiger charge is 2.22. The molecule has 2 aromatic carbocycles. The summed E-state index contributed by atoms with van der Waals surface area (Å²) >= 11 is 0. The summed E-state index contributed by atoms with van der Waals surface area (Å²) in [6, 6.07) is 17.7. The second-order valence-electron chi connectivity index (χ2n) is 9.36. The summed E-state index contributed by atoms with van der Waals surface area (Å²) in [5.74, 6) is 2.52. The smallest absolute Gasteiger partial charge is 0.165 e. The minimum atomic E-state index is 0.225. The maximum Gasteiger partial charge on any atom is 0.165 e. The molecule has 2 atom stereocenters. The summed E-state index contributed by atoms with van der Waals surface area (Å²) in [7, 11) is 0.584. The van der Waals surface area contributed by atoms with E-state index in [4.69, 9.17) is 4.98 Å². The van der Waals surface area contributed by atoms with E-state index in [2.05, 4.69) is 65.1 Å². The molecule has 3 N–H and O–H groups in total. The van der Waals surface area contributed by atoms with Crippen molar-refractivity contribution < 1.29 is 5.11 Å². The van der Waals surface area contributed by atoms with E-state index in [-0.39, 0.29) is 5.75 Å². The lowest BCUT2D eigenvalue weighted by Gasteiger charge is -2.36. The Hall–Kier alpha value is -3.57. The number of aromatic hydroxyl groups is 1. The summed E-state index contributed by atoms with van der Waals surface area (Å²) in [4.78, 5) is 7.20. The molecule has 0 radical (unpaired) electrons. The number of piperidine rings is 1. The molecule has 1 aliphatic rings. The Morgan fingerprint density at radius 3 is 2.78 bits per heavy atom. The van der Waals surface area contributed by atoms with E-state index >= 15 is 0 Å². The van der Waals surface area contributed by atoms with Crippen molar-refractivity contribution in [2.24, 2.45) is 5.92 Å². The summed E-state index contributed by atoms with van der Waals surface area (Å²) in [5, 5.41) is 23.3. The third-order valence-corrected chi connectivity index (χ3v) is 7.63. The van der Waals surface area contributed by atoms with Crippen LogP contribution in [0.25, 0.3) is 16.9 Å². The van der Waals surface area contributed by atoms with E-state index in [1.807, 2.05) is 35.0 Å². The van der Waals surface area contributed by atoms with Gasteiger partial charge in [0.1, 0.15) is 11.6 Å². The molecule has 2 unspecified atom stereocenters. The van der Waals surface area contributed by atoms with Gasteiger partial charge in [0.05, 0.1) is 17.7 Å². The van der Waals surface area contributed by atoms with Gasteiger partial charge in [0.2, 0.25) is 0 Å². The van der Waals surface area contributed by atoms with E-state index < -0.39 is 0 Å². The van der Waals surface area contributed by atoms with Crippen molar-refractivity contribution in [1.29, 1.82) is 0 Å². The number of para-hydroxylation sites is 1. The van der Waals surface area contributed by atoms with Gasteiger partial charge in [-0.05, 0) is 56.6 Å². The maximum atomic E-state index is 10.4. The highest BCUT2D eigenvalue weighted by molar-refractivity contribution is 7.46. The van der Waals surface area contributed by atoms with E-state index in [0.29, 0.717) is 14.5 Å². The molecule has 1 fully saturated rings. The van der Waals surface area contributed by atoms with Gasteiger partial charge in [-0.25, -0.2) is 4.98 Å². The fourth-order valence-electron chi connectivity index (χ4n) is 4.70. The highest BCUT2D eigenvalue weighted by Crippen LogP contribution is 2.30. The van der Waals surface area contributed by atoms with Crippen LogP contribution in [0.15, 0.2) is 73.2 Å². The van der Waals surface area contributed by atoms with Crippen molar-refractivity contribution in [2.75, 3.05) is 36.9 Å². The minimum Gasteiger partial charge on any atom is -0.507 e. The summed E-state index contributed by atoms with van der Waals surface area (Å²) in [6.45, 7) is 11.3. The number of aryl methyl sites for hydroxylation is 1. The van der Waals surface area contributed by atoms with E-state index in [1.54, 1.807) is 6.07 Å². The van der Waals surface area contributed by atoms with Crippen LogP contribution >= 0.6 is 8.58 Å². The number of hydrogen-bond donors (Lipinski definition) is 3. The lowest BCUT2D eigenvalue weighted by atomic mass is 9.98. The number of phenols is 1. The van der Waals surface area contributed by atoms with E-state index in [0.717, 1.165) is 72.0 Å². The molecule has 5 rings (SSSR count). The third kappa shape index (κ3) is 5.17. The first kappa shape index (κ1) is 24.1. The zero-order valence-corrected chi connectivity index (χ0v) is 21.8. The molecule has 1 saturated heterocycles. The van der Waals surface area contributed by atoms with Crippen LogP contribution in [0.4, 0.5) is 11.5 Å². The number of likely N-dealkylation sites (tertiary alicyclic amines) is 1. The number of hydrogen-bond acceptors (Lipinski definition) is 6. The standard InChI is InChI=1S/C28H33N6OP/c1-19-10-12-22(13-11-19)31-20(2)33-14-6-7-21(18-33)16-29-27-15-24(23-8-4-5-9-25(23)35)32-28-26(36-3)17-30-34(27)28/h4-5,8-13,15,17,21,29,31,35-36H,2,6-7,14,16,18H2,1,3H3. The number of fused-ring (bicyclic) bond motifs is 1. The molecular formula is C28H33N6OP. The Balaban J connectivity index is 1.32. The second kappa shape index (κ2) is 10.6. The predicted octanol–water partition coefficient (Wildman–Crippen LogP) is 5.05. The van der Waals surface area contributed by atoms with Crippen LogP contribution in [-0.4, -0.2) is 50.9 Å². The largest absolute Gasteiger partial charge is 0.507 e. The zero-order valence-electron chi connectivity index (χ0n) is 20.8. The molecule has 0 spiro atoms. The summed E-state index contributed by atoms with van der Waals surface area (Å²) in [6.07, 6.45) is 4.17. The first-order valence-corrected chi connectivity index (χ1v) is 13.9. The minimum absolute atomic E-state index is 0.225. The van der Waals surface area contributed by atoms with Gasteiger partial charge < -0.3 is 20.6 Å². The SMILES string of the molecule is C=C(Nc1ccc(C)cc1)N1CCCC(CNc2cc(-c3ccccc3O)nc3c(PC)cnn23)C1. The zero-order chi connectivity index (χ0) is 25.1. The number of phenolic OH excluding ortho intramolecular Hbond substituents is 1. The van der Waals surface area contributed by atoms with Crippen LogP contribution in [0.5, 0.6) is 5.75 Å². The van der Waals surface area contributed by atoms with Gasteiger partial charge in [-0.3, -0.25) is 0 Å². The number of nitrogens with zero attached hydrogens (tertiary/aromatic N) is 4. The molecule has 36 heavy (non-hydrogen) atoms. The first-order chi connectivity index (χ1) is 17.5. The fraction of sp³-hybridized carbons (Fsp3) is 0.286. The normalized spacial score (nSPS) is 16.1. The van der Waals surface area contributed by atoms with Gasteiger partial charge in [0.15, 0.2) is 5.65 Å². The van der Waals surface area contributed by atoms with E-state index in [1.165, 1.54) is 5.56 Å². The van der Waals surface area contributed by atoms with Crippen LogP contribution in [0.2, 0.25) is 0 Å². The molecule has 0 amide bonds. The average molecular weight is 501 g/mol. The maximum absolute atomic E-state index is 10.4. The summed E-state index contributed by atoms with van der Waals surface area (Å²) < 4.78 is 1.88. The lowest BCUT2D eigenvalue weighted by Crippen LogP contribution is -2.39. The predicted molar refractivity (Wildman–Crippen MR) is 151 cm³/mol. The van der Waals surface area contributed by atoms with Crippen molar-refractivity contribution in [2.45, 2.75) is 19.8 Å². The molecule has 1 aliphatic heterocycles. The molecule has 2 aromatic heterocycles. The molecule has 8 heteroatoms. The Kier molecular flexibility index (Phi) is 7.10. The fourth-order valence-corrected chi connectivity index (χ4v) is 5.27. The van der Waals surface area contributed by atoms with Crippen LogP contribution in [0, 0.1) is 12.8 Å². The van der Waals surface area contributed by atoms with Crippen molar-refractivity contribution in [3.05, 3.63) is 78.8 Å². The second-order valence-corrected chi connectivity index (χ2v) is 10.4. The number of nitrogens with one attached hydrogen (secondary N) is 2. The van der Waals surface area contributed by atoms with Crippen molar-refractivity contribution in [3.63, 3.8) is 0 Å². The molecule has 7 nitrogen and oxygen atoms in total.